The van der Waals surface area contributed by atoms with Gasteiger partial charge in [0, 0.05) is 29.5 Å². The summed E-state index contributed by atoms with van der Waals surface area (Å²) in [6, 6.07) is 8.77. The van der Waals surface area contributed by atoms with Crippen LogP contribution in [0.25, 0.3) is 0 Å². The van der Waals surface area contributed by atoms with Crippen LogP contribution in [0, 0.1) is 13.8 Å². The molecule has 1 aromatic carbocycles. The summed E-state index contributed by atoms with van der Waals surface area (Å²) in [5, 5.41) is 3.37. The Kier molecular flexibility index (Phi) is 8.99. The fraction of sp³-hybridized carbons (Fsp3) is 0.429. The van der Waals surface area contributed by atoms with E-state index in [9.17, 15) is 13.6 Å². The lowest BCUT2D eigenvalue weighted by molar-refractivity contribution is 0.0815. The third kappa shape index (κ3) is 8.90. The van der Waals surface area contributed by atoms with Crippen molar-refractivity contribution in [1.29, 1.82) is 0 Å². The molecule has 2 rings (SSSR count). The molecule has 0 fully saturated rings. The number of primary amides is 1. The summed E-state index contributed by atoms with van der Waals surface area (Å²) in [4.78, 5) is 14.5. The van der Waals surface area contributed by atoms with E-state index in [0.29, 0.717) is 17.9 Å². The second kappa shape index (κ2) is 10.7. The first-order chi connectivity index (χ1) is 13.0. The number of nitrogens with two attached hydrogens (primary N) is 1. The molecule has 0 aliphatic heterocycles. The van der Waals surface area contributed by atoms with E-state index < -0.39 is 18.9 Å². The Morgan fingerprint density at radius 1 is 1.25 bits per heavy atom. The van der Waals surface area contributed by atoms with Crippen LogP contribution < -0.4 is 15.8 Å². The van der Waals surface area contributed by atoms with Crippen molar-refractivity contribution in [2.75, 3.05) is 6.61 Å². The second-order valence-electron chi connectivity index (χ2n) is 7.40. The minimum atomic E-state index is -2.44. The van der Waals surface area contributed by atoms with Gasteiger partial charge in [-0.05, 0) is 63.9 Å². The molecule has 7 heteroatoms. The predicted octanol–water partition coefficient (Wildman–Crippen LogP) is 4.02. The molecule has 28 heavy (non-hydrogen) atoms. The average molecular weight is 393 g/mol. The van der Waals surface area contributed by atoms with Crippen molar-refractivity contribution in [2.45, 2.75) is 53.1 Å². The van der Waals surface area contributed by atoms with Gasteiger partial charge in [-0.25, -0.2) is 8.78 Å². The van der Waals surface area contributed by atoms with Gasteiger partial charge in [-0.1, -0.05) is 12.1 Å². The van der Waals surface area contributed by atoms with Gasteiger partial charge in [0.05, 0.1) is 0 Å². The van der Waals surface area contributed by atoms with Gasteiger partial charge < -0.3 is 15.8 Å². The number of hydrogen-bond acceptors (Lipinski definition) is 4. The normalized spacial score (nSPS) is 11.0. The number of benzene rings is 1. The van der Waals surface area contributed by atoms with Gasteiger partial charge in [0.1, 0.15) is 12.4 Å². The minimum absolute atomic E-state index is 0.0201. The Morgan fingerprint density at radius 2 is 1.93 bits per heavy atom. The molecule has 0 aliphatic rings. The lowest BCUT2D eigenvalue weighted by Gasteiger charge is -2.22. The third-order valence-corrected chi connectivity index (χ3v) is 3.75. The first-order valence-electron chi connectivity index (χ1n) is 8.96. The molecule has 1 amide bonds. The van der Waals surface area contributed by atoms with Crippen LogP contribution in [-0.4, -0.2) is 29.5 Å². The predicted molar refractivity (Wildman–Crippen MR) is 107 cm³/mol. The molecule has 1 heterocycles. The largest absolute Gasteiger partial charge is 0.487 e. The van der Waals surface area contributed by atoms with Crippen LogP contribution in [0.1, 0.15) is 48.0 Å². The smallest absolute Gasteiger partial charge is 0.272 e. The zero-order valence-electron chi connectivity index (χ0n) is 17.1. The van der Waals surface area contributed by atoms with Crippen molar-refractivity contribution in [2.24, 2.45) is 5.73 Å². The maximum absolute atomic E-state index is 12.1. The van der Waals surface area contributed by atoms with Crippen LogP contribution in [0.3, 0.4) is 0 Å². The maximum Gasteiger partial charge on any atom is 0.272 e. The molecule has 5 nitrogen and oxygen atoms in total. The fourth-order valence-corrected chi connectivity index (χ4v) is 2.22. The van der Waals surface area contributed by atoms with Crippen LogP contribution in [0.4, 0.5) is 8.78 Å². The van der Waals surface area contributed by atoms with E-state index in [1.165, 1.54) is 0 Å². The van der Waals surface area contributed by atoms with Crippen molar-refractivity contribution in [1.82, 2.24) is 10.3 Å². The monoisotopic (exact) mass is 393 g/mol. The average Bonchev–Trinajstić information content (AvgIpc) is 2.59. The van der Waals surface area contributed by atoms with Crippen molar-refractivity contribution < 1.29 is 18.3 Å². The van der Waals surface area contributed by atoms with E-state index in [4.69, 9.17) is 10.5 Å². The van der Waals surface area contributed by atoms with Gasteiger partial charge in [0.2, 0.25) is 5.91 Å². The highest BCUT2D eigenvalue weighted by Crippen LogP contribution is 2.22. The molecule has 0 aliphatic carbocycles. The molecule has 0 saturated carbocycles. The number of aromatic nitrogens is 1. The van der Waals surface area contributed by atoms with Crippen LogP contribution in [0.5, 0.6) is 5.75 Å². The molecule has 154 valence electrons. The van der Waals surface area contributed by atoms with E-state index in [0.717, 1.165) is 16.8 Å². The molecule has 0 unspecified atom stereocenters. The van der Waals surface area contributed by atoms with Gasteiger partial charge in [0.15, 0.2) is 0 Å². The molecule has 0 saturated heterocycles. The second-order valence-corrected chi connectivity index (χ2v) is 7.40. The van der Waals surface area contributed by atoms with Gasteiger partial charge in [-0.3, -0.25) is 9.78 Å². The number of amides is 1. The number of ether oxygens (including phenoxy) is 1. The van der Waals surface area contributed by atoms with Crippen LogP contribution in [-0.2, 0) is 6.54 Å². The lowest BCUT2D eigenvalue weighted by atomic mass is 10.0. The SMILES string of the molecule is Cc1c(CNC(C)(C)C)cccc1OCC(F)F.Cc1cc(C(N)=O)ccn1. The number of nitrogens with zero attached hydrogens (tertiary/aromatic N) is 1. The van der Waals surface area contributed by atoms with Crippen molar-refractivity contribution in [3.63, 3.8) is 0 Å². The van der Waals surface area contributed by atoms with E-state index in [1.54, 1.807) is 24.4 Å². The molecular weight excluding hydrogens is 364 g/mol. The van der Waals surface area contributed by atoms with Gasteiger partial charge in [-0.2, -0.15) is 0 Å². The quantitative estimate of drug-likeness (QED) is 0.777. The minimum Gasteiger partial charge on any atom is -0.487 e. The number of halogens is 2. The van der Waals surface area contributed by atoms with Gasteiger partial charge >= 0.3 is 0 Å². The zero-order chi connectivity index (χ0) is 21.3. The van der Waals surface area contributed by atoms with Crippen LogP contribution in [0.2, 0.25) is 0 Å². The molecular formula is C21H29F2N3O2. The van der Waals surface area contributed by atoms with Crippen molar-refractivity contribution in [3.8, 4) is 5.75 Å². The fourth-order valence-electron chi connectivity index (χ4n) is 2.22. The summed E-state index contributed by atoms with van der Waals surface area (Å²) in [5.74, 6) is 0.119. The number of alkyl halides is 2. The number of pyridine rings is 1. The van der Waals surface area contributed by atoms with Crippen LogP contribution >= 0.6 is 0 Å². The zero-order valence-corrected chi connectivity index (χ0v) is 17.1. The highest BCUT2D eigenvalue weighted by atomic mass is 19.3. The van der Waals surface area contributed by atoms with Gasteiger partial charge in [0.25, 0.3) is 6.43 Å². The molecule has 0 atom stereocenters. The summed E-state index contributed by atoms with van der Waals surface area (Å²) in [5.41, 5.74) is 8.32. The van der Waals surface area contributed by atoms with Gasteiger partial charge in [-0.15, -0.1) is 0 Å². The molecule has 0 bridgehead atoms. The van der Waals surface area contributed by atoms with Crippen LogP contribution in [0.15, 0.2) is 36.5 Å². The summed E-state index contributed by atoms with van der Waals surface area (Å²) in [7, 11) is 0. The first kappa shape index (κ1) is 23.5. The lowest BCUT2D eigenvalue weighted by Crippen LogP contribution is -2.35. The Hall–Kier alpha value is -2.54. The molecule has 2 aromatic rings. The highest BCUT2D eigenvalue weighted by molar-refractivity contribution is 5.92. The maximum atomic E-state index is 12.1. The summed E-state index contributed by atoms with van der Waals surface area (Å²) < 4.78 is 29.3. The Bertz CT molecular complexity index is 774. The number of carbonyl (C=O) groups excluding carboxylic acids is 1. The molecule has 0 radical (unpaired) electrons. The molecule has 1 aromatic heterocycles. The van der Waals surface area contributed by atoms with E-state index in [-0.39, 0.29) is 5.54 Å². The number of carbonyl (C=O) groups is 1. The molecule has 0 spiro atoms. The van der Waals surface area contributed by atoms with E-state index in [1.807, 2.05) is 26.0 Å². The van der Waals surface area contributed by atoms with Crippen molar-refractivity contribution in [3.05, 3.63) is 58.9 Å². The number of nitrogens with one attached hydrogen (secondary N) is 1. The standard InChI is InChI=1S/C14H21F2NO.C7H8N2O/c1-10-11(8-17-14(2,3)4)6-5-7-12(10)18-9-13(15)16;1-5-4-6(7(8)10)2-3-9-5/h5-7,13,17H,8-9H2,1-4H3;2-4H,1H3,(H2,8,10). The Morgan fingerprint density at radius 3 is 2.43 bits per heavy atom. The molecule has 3 N–H and O–H groups in total. The highest BCUT2D eigenvalue weighted by Gasteiger charge is 2.12. The number of rotatable bonds is 6. The summed E-state index contributed by atoms with van der Waals surface area (Å²) >= 11 is 0. The Balaban J connectivity index is 0.000000330. The number of hydrogen-bond donors (Lipinski definition) is 2. The summed E-state index contributed by atoms with van der Waals surface area (Å²) in [6.07, 6.45) is -0.879. The van der Waals surface area contributed by atoms with Crippen molar-refractivity contribution >= 4 is 5.91 Å². The van der Waals surface area contributed by atoms with E-state index >= 15 is 0 Å². The third-order valence-electron chi connectivity index (χ3n) is 3.75. The number of aryl methyl sites for hydroxylation is 1. The summed E-state index contributed by atoms with van der Waals surface area (Å²) in [6.45, 7) is 10.1. The van der Waals surface area contributed by atoms with E-state index in [2.05, 4.69) is 31.1 Å². The topological polar surface area (TPSA) is 77.2 Å². The first-order valence-corrected chi connectivity index (χ1v) is 8.96. The Labute approximate surface area is 165 Å².